The van der Waals surface area contributed by atoms with Crippen molar-refractivity contribution in [1.82, 2.24) is 5.32 Å². The third kappa shape index (κ3) is 16.4. The topological polar surface area (TPSA) is 49.3 Å². The molecule has 0 fully saturated rings. The molecular weight excluding hydrogens is 225 g/mol. The van der Waals surface area contributed by atoms with E-state index < -0.39 is 0 Å². The predicted molar refractivity (Wildman–Crippen MR) is 68.2 cm³/mol. The van der Waals surface area contributed by atoms with E-state index in [-0.39, 0.29) is 43.6 Å². The van der Waals surface area contributed by atoms with Gasteiger partial charge in [-0.1, -0.05) is 58.3 Å². The maximum atomic E-state index is 11.0. The molecule has 0 heterocycles. The number of rotatable bonds is 11. The van der Waals surface area contributed by atoms with E-state index in [1.165, 1.54) is 44.9 Å². The minimum absolute atomic E-state index is 0. The van der Waals surface area contributed by atoms with Crippen LogP contribution in [-0.4, -0.2) is 17.7 Å². The van der Waals surface area contributed by atoms with E-state index in [9.17, 15) is 4.79 Å². The molecule has 0 atom stereocenters. The van der Waals surface area contributed by atoms with Gasteiger partial charge >= 0.3 is 29.6 Å². The van der Waals surface area contributed by atoms with Crippen molar-refractivity contribution < 1.29 is 40.9 Å². The molecule has 3 nitrogen and oxygen atoms in total. The standard InChI is InChI=1S/C13H27NO2.Na.H/c1-2-3-4-5-6-7-8-9-10-11-13(16)14-12-15;;/h15H,2-12H2,1H3,(H,14,16);;/q;+1;-1. The third-order valence-electron chi connectivity index (χ3n) is 2.78. The Labute approximate surface area is 130 Å². The maximum absolute atomic E-state index is 11.0. The molecule has 1 amide bonds. The van der Waals surface area contributed by atoms with Gasteiger partial charge in [-0.05, 0) is 6.42 Å². The third-order valence-corrected chi connectivity index (χ3v) is 2.78. The number of aliphatic hydroxyl groups is 1. The Balaban J connectivity index is -0.00000112. The van der Waals surface area contributed by atoms with Gasteiger partial charge in [0.2, 0.25) is 5.91 Å². The number of nitrogens with one attached hydrogen (secondary N) is 1. The molecule has 0 aliphatic rings. The van der Waals surface area contributed by atoms with Crippen molar-refractivity contribution in [1.29, 1.82) is 0 Å². The summed E-state index contributed by atoms with van der Waals surface area (Å²) in [5, 5.41) is 10.8. The van der Waals surface area contributed by atoms with Gasteiger partial charge in [0.25, 0.3) is 0 Å². The minimum atomic E-state index is -0.240. The van der Waals surface area contributed by atoms with Crippen LogP contribution in [0.1, 0.15) is 72.6 Å². The fraction of sp³-hybridized carbons (Fsp3) is 0.923. The van der Waals surface area contributed by atoms with Gasteiger partial charge in [-0.25, -0.2) is 0 Å². The largest absolute Gasteiger partial charge is 1.00 e. The van der Waals surface area contributed by atoms with E-state index in [4.69, 9.17) is 5.11 Å². The SMILES string of the molecule is CCCCCCCCCCCC(=O)NCO.[H-].[Na+]. The molecule has 0 unspecified atom stereocenters. The van der Waals surface area contributed by atoms with Gasteiger partial charge in [-0.3, -0.25) is 4.79 Å². The molecule has 0 spiro atoms. The van der Waals surface area contributed by atoms with E-state index in [0.29, 0.717) is 6.42 Å². The molecule has 0 saturated carbocycles. The molecule has 0 bridgehead atoms. The van der Waals surface area contributed by atoms with Crippen LogP contribution in [0.5, 0.6) is 0 Å². The Morgan fingerprint density at radius 2 is 1.47 bits per heavy atom. The smallest absolute Gasteiger partial charge is 1.00 e. The van der Waals surface area contributed by atoms with E-state index >= 15 is 0 Å². The van der Waals surface area contributed by atoms with Crippen molar-refractivity contribution in [2.75, 3.05) is 6.73 Å². The molecule has 0 saturated heterocycles. The minimum Gasteiger partial charge on any atom is -1.00 e. The van der Waals surface area contributed by atoms with Gasteiger partial charge in [0.1, 0.15) is 6.73 Å². The van der Waals surface area contributed by atoms with E-state index in [1.807, 2.05) is 0 Å². The number of carbonyl (C=O) groups excluding carboxylic acids is 1. The Hall–Kier alpha value is 0.430. The van der Waals surface area contributed by atoms with Crippen LogP contribution in [0.2, 0.25) is 0 Å². The van der Waals surface area contributed by atoms with Crippen molar-refractivity contribution in [2.45, 2.75) is 71.1 Å². The van der Waals surface area contributed by atoms with Crippen molar-refractivity contribution in [3.8, 4) is 0 Å². The van der Waals surface area contributed by atoms with Crippen LogP contribution in [0.15, 0.2) is 0 Å². The Morgan fingerprint density at radius 3 is 1.94 bits per heavy atom. The molecule has 0 aromatic rings. The van der Waals surface area contributed by atoms with Gasteiger partial charge in [0.05, 0.1) is 0 Å². The van der Waals surface area contributed by atoms with Crippen LogP contribution >= 0.6 is 0 Å². The first kappa shape index (κ1) is 19.8. The average molecular weight is 253 g/mol. The molecule has 0 aromatic heterocycles. The second-order valence-electron chi connectivity index (χ2n) is 4.34. The van der Waals surface area contributed by atoms with Crippen molar-refractivity contribution in [2.24, 2.45) is 0 Å². The zero-order valence-electron chi connectivity index (χ0n) is 12.6. The molecule has 2 N–H and O–H groups in total. The molecule has 0 aliphatic heterocycles. The van der Waals surface area contributed by atoms with Crippen molar-refractivity contribution in [3.63, 3.8) is 0 Å². The first-order chi connectivity index (χ1) is 7.81. The first-order valence-electron chi connectivity index (χ1n) is 6.68. The molecule has 0 radical (unpaired) electrons. The van der Waals surface area contributed by atoms with E-state index in [0.717, 1.165) is 12.8 Å². The van der Waals surface area contributed by atoms with Gasteiger partial charge < -0.3 is 11.8 Å². The second kappa shape index (κ2) is 16.4. The predicted octanol–water partition coefficient (Wildman–Crippen LogP) is 0.0898. The van der Waals surface area contributed by atoms with Crippen LogP contribution in [-0.2, 0) is 4.79 Å². The first-order valence-corrected chi connectivity index (χ1v) is 6.68. The number of amides is 1. The van der Waals surface area contributed by atoms with Crippen molar-refractivity contribution >= 4 is 5.91 Å². The Morgan fingerprint density at radius 1 is 1.00 bits per heavy atom. The number of carbonyl (C=O) groups is 1. The fourth-order valence-corrected chi connectivity index (χ4v) is 1.77. The Bertz CT molecular complexity index is 171. The van der Waals surface area contributed by atoms with Gasteiger partial charge in [-0.2, -0.15) is 0 Å². The summed E-state index contributed by atoms with van der Waals surface area (Å²) >= 11 is 0. The summed E-state index contributed by atoms with van der Waals surface area (Å²) in [5.41, 5.74) is 0. The summed E-state index contributed by atoms with van der Waals surface area (Å²) in [4.78, 5) is 11.0. The summed E-state index contributed by atoms with van der Waals surface area (Å²) in [6.45, 7) is 1.99. The van der Waals surface area contributed by atoms with Gasteiger partial charge in [0.15, 0.2) is 0 Å². The molecule has 0 aliphatic carbocycles. The molecule has 0 aromatic carbocycles. The van der Waals surface area contributed by atoms with Gasteiger partial charge in [0, 0.05) is 6.42 Å². The van der Waals surface area contributed by atoms with E-state index in [1.54, 1.807) is 0 Å². The summed E-state index contributed by atoms with van der Waals surface area (Å²) in [7, 11) is 0. The van der Waals surface area contributed by atoms with Crippen LogP contribution in [0.25, 0.3) is 0 Å². The van der Waals surface area contributed by atoms with Crippen LogP contribution in [0.4, 0.5) is 0 Å². The van der Waals surface area contributed by atoms with Crippen LogP contribution < -0.4 is 34.9 Å². The quantitative estimate of drug-likeness (QED) is 0.311. The number of hydrogen-bond donors (Lipinski definition) is 2. The van der Waals surface area contributed by atoms with Crippen molar-refractivity contribution in [3.05, 3.63) is 0 Å². The molecule has 98 valence electrons. The summed E-state index contributed by atoms with van der Waals surface area (Å²) < 4.78 is 0. The fourth-order valence-electron chi connectivity index (χ4n) is 1.77. The number of unbranched alkanes of at least 4 members (excludes halogenated alkanes) is 8. The monoisotopic (exact) mass is 253 g/mol. The molecular formula is C13H28NNaO2. The maximum Gasteiger partial charge on any atom is 1.00 e. The molecule has 17 heavy (non-hydrogen) atoms. The summed E-state index contributed by atoms with van der Waals surface area (Å²) in [6.07, 6.45) is 11.9. The number of hydrogen-bond acceptors (Lipinski definition) is 2. The molecule has 0 rings (SSSR count). The zero-order chi connectivity index (χ0) is 12.1. The normalized spacial score (nSPS) is 9.76. The summed E-state index contributed by atoms with van der Waals surface area (Å²) in [6, 6.07) is 0. The number of aliphatic hydroxyl groups excluding tert-OH is 1. The van der Waals surface area contributed by atoms with Crippen LogP contribution in [0, 0.1) is 0 Å². The van der Waals surface area contributed by atoms with Gasteiger partial charge in [-0.15, -0.1) is 0 Å². The second-order valence-corrected chi connectivity index (χ2v) is 4.34. The van der Waals surface area contributed by atoms with E-state index in [2.05, 4.69) is 12.2 Å². The average Bonchev–Trinajstić information content (AvgIpc) is 2.27. The van der Waals surface area contributed by atoms with Crippen LogP contribution in [0.3, 0.4) is 0 Å². The molecule has 4 heteroatoms. The summed E-state index contributed by atoms with van der Waals surface area (Å²) in [5.74, 6) is -0.0366. The zero-order valence-corrected chi connectivity index (χ0v) is 13.6. The Kier molecular flexibility index (Phi) is 19.1.